The number of ether oxygens (including phenoxy) is 1. The molecule has 0 unspecified atom stereocenters. The largest absolute Gasteiger partial charge is 0.434 e. The molecule has 1 fully saturated rings. The summed E-state index contributed by atoms with van der Waals surface area (Å²) in [7, 11) is 0. The highest BCUT2D eigenvalue weighted by Gasteiger charge is 2.42. The average molecular weight is 541 g/mol. The molecule has 4 heterocycles. The van der Waals surface area contributed by atoms with Gasteiger partial charge in [0.25, 0.3) is 0 Å². The molecule has 1 amide bonds. The molecule has 2 aromatic heterocycles. The average Bonchev–Trinajstić information content (AvgIpc) is 3.45. The number of aromatic amines is 1. The molecule has 194 valence electrons. The molecule has 1 saturated heterocycles. The summed E-state index contributed by atoms with van der Waals surface area (Å²) in [5.74, 6) is -3.76. The van der Waals surface area contributed by atoms with Crippen LogP contribution in [0.4, 0.5) is 22.0 Å². The normalized spacial score (nSPS) is 19.4. The van der Waals surface area contributed by atoms with Gasteiger partial charge in [-0.1, -0.05) is 11.6 Å². The van der Waals surface area contributed by atoms with E-state index in [1.807, 2.05) is 0 Å². The molecule has 0 spiro atoms. The maximum absolute atomic E-state index is 14.9. The summed E-state index contributed by atoms with van der Waals surface area (Å²) in [6.07, 6.45) is 3.22. The van der Waals surface area contributed by atoms with E-state index in [2.05, 4.69) is 19.7 Å². The fraction of sp³-hybridized carbons (Fsp3) is 0.292. The predicted molar refractivity (Wildman–Crippen MR) is 121 cm³/mol. The topological polar surface area (TPSA) is 91.3 Å². The van der Waals surface area contributed by atoms with Crippen LogP contribution in [0.2, 0.25) is 5.02 Å². The Labute approximate surface area is 211 Å². The molecule has 1 aromatic carbocycles. The third-order valence-corrected chi connectivity index (χ3v) is 6.76. The van der Waals surface area contributed by atoms with Gasteiger partial charge in [0.15, 0.2) is 11.6 Å². The third-order valence-electron chi connectivity index (χ3n) is 6.46. The molecule has 7 nitrogen and oxygen atoms in total. The number of H-pyrrole nitrogens is 1. The number of carbonyl (C=O) groups excluding carboxylic acids is 1. The van der Waals surface area contributed by atoms with Gasteiger partial charge in [0.2, 0.25) is 11.9 Å². The van der Waals surface area contributed by atoms with Crippen molar-refractivity contribution in [3.8, 4) is 17.0 Å². The standard InChI is InChI=1S/C24H18ClF5N4O3/c25-13-2-4-16(37-24(29)30)18(20(13)27)10-7-11-1-3-15(34(11)17(36)8-10)23-32-21(22(28)33-23)12-5-6-31-14(9-35)19(12)26/h2,4-6,8,11,15,24,35H,1,3,7,9H2,(H,32,33)/t11-,15+/m1/s1. The van der Waals surface area contributed by atoms with E-state index in [4.69, 9.17) is 11.6 Å². The van der Waals surface area contributed by atoms with Crippen molar-refractivity contribution < 1.29 is 36.6 Å². The Kier molecular flexibility index (Phi) is 6.63. The summed E-state index contributed by atoms with van der Waals surface area (Å²) in [5.41, 5.74) is -0.977. The number of alkyl halides is 2. The molecule has 0 radical (unpaired) electrons. The van der Waals surface area contributed by atoms with E-state index in [-0.39, 0.29) is 45.4 Å². The van der Waals surface area contributed by atoms with Crippen LogP contribution in [0.25, 0.3) is 16.8 Å². The number of imidazole rings is 1. The van der Waals surface area contributed by atoms with E-state index in [1.54, 1.807) is 0 Å². The molecule has 2 N–H and O–H groups in total. The molecule has 0 saturated carbocycles. The highest BCUT2D eigenvalue weighted by Crippen LogP contribution is 2.45. The summed E-state index contributed by atoms with van der Waals surface area (Å²) in [6.45, 7) is -3.90. The molecule has 2 atom stereocenters. The second kappa shape index (κ2) is 9.75. The molecule has 13 heteroatoms. The predicted octanol–water partition coefficient (Wildman–Crippen LogP) is 5.16. The number of aliphatic hydroxyl groups excluding tert-OH is 1. The SMILES string of the molecule is O=C1C=C(c2c(OC(F)F)ccc(Cl)c2F)C[C@H]2CC[C@@H](c3nc(-c4ccnc(CO)c4F)c(F)[nH]3)N12. The number of hydrogen-bond donors (Lipinski definition) is 2. The lowest BCUT2D eigenvalue weighted by Gasteiger charge is -2.33. The first-order chi connectivity index (χ1) is 17.7. The van der Waals surface area contributed by atoms with Crippen molar-refractivity contribution >= 4 is 23.1 Å². The number of nitrogens with one attached hydrogen (secondary N) is 1. The van der Waals surface area contributed by atoms with Gasteiger partial charge in [-0.25, -0.2) is 13.8 Å². The van der Waals surface area contributed by atoms with Crippen molar-refractivity contribution in [2.45, 2.75) is 44.6 Å². The Morgan fingerprint density at radius 1 is 1.19 bits per heavy atom. The fourth-order valence-electron chi connectivity index (χ4n) is 4.91. The number of nitrogens with zero attached hydrogens (tertiary/aromatic N) is 3. The monoisotopic (exact) mass is 540 g/mol. The zero-order chi connectivity index (χ0) is 26.4. The minimum Gasteiger partial charge on any atom is -0.434 e. The van der Waals surface area contributed by atoms with Crippen LogP contribution in [-0.2, 0) is 11.4 Å². The number of halogens is 6. The van der Waals surface area contributed by atoms with Crippen LogP contribution in [-0.4, -0.2) is 43.5 Å². The van der Waals surface area contributed by atoms with E-state index in [0.717, 1.165) is 18.2 Å². The zero-order valence-electron chi connectivity index (χ0n) is 18.8. The molecule has 2 aliphatic rings. The Balaban J connectivity index is 1.48. The maximum atomic E-state index is 14.9. The van der Waals surface area contributed by atoms with Gasteiger partial charge in [0.1, 0.15) is 23.0 Å². The Bertz CT molecular complexity index is 1410. The van der Waals surface area contributed by atoms with Gasteiger partial charge < -0.3 is 19.7 Å². The smallest absolute Gasteiger partial charge is 0.387 e. The van der Waals surface area contributed by atoms with E-state index in [0.29, 0.717) is 12.8 Å². The van der Waals surface area contributed by atoms with Gasteiger partial charge >= 0.3 is 6.61 Å². The van der Waals surface area contributed by atoms with Crippen LogP contribution in [0.3, 0.4) is 0 Å². The van der Waals surface area contributed by atoms with E-state index in [1.165, 1.54) is 17.2 Å². The van der Waals surface area contributed by atoms with Gasteiger partial charge in [-0.2, -0.15) is 13.2 Å². The van der Waals surface area contributed by atoms with Crippen LogP contribution in [0.15, 0.2) is 30.5 Å². The number of aliphatic hydroxyl groups is 1. The van der Waals surface area contributed by atoms with Gasteiger partial charge in [-0.15, -0.1) is 0 Å². The van der Waals surface area contributed by atoms with Crippen LogP contribution in [0.1, 0.15) is 42.4 Å². The summed E-state index contributed by atoms with van der Waals surface area (Å²) in [6, 6.07) is 2.25. The first-order valence-corrected chi connectivity index (χ1v) is 11.5. The van der Waals surface area contributed by atoms with Gasteiger partial charge in [0.05, 0.1) is 23.2 Å². The Morgan fingerprint density at radius 2 is 1.97 bits per heavy atom. The van der Waals surface area contributed by atoms with Gasteiger partial charge in [0, 0.05) is 23.9 Å². The quantitative estimate of drug-likeness (QED) is 0.422. The molecular formula is C24H18ClF5N4O3. The van der Waals surface area contributed by atoms with Crippen LogP contribution >= 0.6 is 11.6 Å². The summed E-state index contributed by atoms with van der Waals surface area (Å²) in [4.78, 5) is 25.0. The lowest BCUT2D eigenvalue weighted by molar-refractivity contribution is -0.129. The van der Waals surface area contributed by atoms with Crippen LogP contribution in [0, 0.1) is 17.6 Å². The van der Waals surface area contributed by atoms with Crippen molar-refractivity contribution in [1.82, 2.24) is 19.9 Å². The van der Waals surface area contributed by atoms with Crippen molar-refractivity contribution in [3.63, 3.8) is 0 Å². The molecule has 37 heavy (non-hydrogen) atoms. The number of rotatable bonds is 6. The summed E-state index contributed by atoms with van der Waals surface area (Å²) < 4.78 is 74.5. The van der Waals surface area contributed by atoms with Gasteiger partial charge in [-0.3, -0.25) is 9.78 Å². The second-order valence-electron chi connectivity index (χ2n) is 8.54. The first-order valence-electron chi connectivity index (χ1n) is 11.2. The maximum Gasteiger partial charge on any atom is 0.387 e. The number of benzene rings is 1. The number of amides is 1. The fourth-order valence-corrected chi connectivity index (χ4v) is 5.07. The third kappa shape index (κ3) is 4.44. The van der Waals surface area contributed by atoms with E-state index in [9.17, 15) is 31.9 Å². The second-order valence-corrected chi connectivity index (χ2v) is 8.95. The molecule has 3 aromatic rings. The lowest BCUT2D eigenvalue weighted by atomic mass is 9.93. The Morgan fingerprint density at radius 3 is 2.70 bits per heavy atom. The number of carbonyl (C=O) groups is 1. The molecule has 5 rings (SSSR count). The molecule has 0 aliphatic carbocycles. The minimum atomic E-state index is -3.21. The van der Waals surface area contributed by atoms with Crippen LogP contribution in [0.5, 0.6) is 5.75 Å². The van der Waals surface area contributed by atoms with Crippen molar-refractivity contribution in [2.75, 3.05) is 0 Å². The minimum absolute atomic E-state index is 0.0811. The highest BCUT2D eigenvalue weighted by molar-refractivity contribution is 6.31. The molecule has 0 bridgehead atoms. The first kappa shape index (κ1) is 25.2. The lowest BCUT2D eigenvalue weighted by Crippen LogP contribution is -2.39. The van der Waals surface area contributed by atoms with Crippen molar-refractivity contribution in [3.05, 3.63) is 70.2 Å². The number of fused-ring (bicyclic) bond motifs is 1. The highest BCUT2D eigenvalue weighted by atomic mass is 35.5. The molecule has 2 aliphatic heterocycles. The number of hydrogen-bond acceptors (Lipinski definition) is 5. The summed E-state index contributed by atoms with van der Waals surface area (Å²) in [5, 5.41) is 8.92. The number of aromatic nitrogens is 3. The van der Waals surface area contributed by atoms with E-state index < -0.39 is 54.5 Å². The van der Waals surface area contributed by atoms with Crippen LogP contribution < -0.4 is 4.74 Å². The van der Waals surface area contributed by atoms with Crippen molar-refractivity contribution in [2.24, 2.45) is 0 Å². The van der Waals surface area contributed by atoms with E-state index >= 15 is 0 Å². The zero-order valence-corrected chi connectivity index (χ0v) is 19.6. The van der Waals surface area contributed by atoms with Gasteiger partial charge in [-0.05, 0) is 43.0 Å². The van der Waals surface area contributed by atoms with Crippen molar-refractivity contribution in [1.29, 1.82) is 0 Å². The number of pyridine rings is 1. The Hall–Kier alpha value is -3.51. The molecular weight excluding hydrogens is 523 g/mol. The summed E-state index contributed by atoms with van der Waals surface area (Å²) >= 11 is 5.86.